The normalized spacial score (nSPS) is 11.7. The third-order valence-electron chi connectivity index (χ3n) is 9.66. The molecule has 0 saturated carbocycles. The molecule has 0 radical (unpaired) electrons. The van der Waals surface area contributed by atoms with Crippen LogP contribution in [0.4, 0.5) is 17.1 Å². The van der Waals surface area contributed by atoms with E-state index in [4.69, 9.17) is 0 Å². The van der Waals surface area contributed by atoms with Gasteiger partial charge in [-0.25, -0.2) is 0 Å². The van der Waals surface area contributed by atoms with Crippen molar-refractivity contribution in [3.8, 4) is 22.3 Å². The number of nitrogens with zero attached hydrogens (tertiary/aromatic N) is 1. The van der Waals surface area contributed by atoms with E-state index in [2.05, 4.69) is 181 Å². The molecule has 1 nitrogen and oxygen atoms in total. The second kappa shape index (κ2) is 11.5. The van der Waals surface area contributed by atoms with E-state index in [1.54, 1.807) is 0 Å². The van der Waals surface area contributed by atoms with E-state index in [0.29, 0.717) is 0 Å². The molecule has 0 unspecified atom stereocenters. The van der Waals surface area contributed by atoms with E-state index >= 15 is 0 Å². The highest BCUT2D eigenvalue weighted by atomic mass is 32.1. The zero-order valence-electron chi connectivity index (χ0n) is 26.5. The van der Waals surface area contributed by atoms with Crippen LogP contribution in [0.3, 0.4) is 0 Å². The molecule has 10 rings (SSSR count). The number of fused-ring (bicyclic) bond motifs is 7. The second-order valence-electron chi connectivity index (χ2n) is 12.5. The maximum absolute atomic E-state index is 2.42. The maximum atomic E-state index is 2.42. The first kappa shape index (κ1) is 28.3. The van der Waals surface area contributed by atoms with E-state index in [-0.39, 0.29) is 0 Å². The molecular weight excluding hydrogens is 631 g/mol. The van der Waals surface area contributed by atoms with Crippen molar-refractivity contribution in [3.63, 3.8) is 0 Å². The average molecular weight is 660 g/mol. The lowest BCUT2D eigenvalue weighted by Crippen LogP contribution is -2.10. The minimum atomic E-state index is 1.13. The van der Waals surface area contributed by atoms with Crippen LogP contribution < -0.4 is 4.90 Å². The summed E-state index contributed by atoms with van der Waals surface area (Å²) in [5.74, 6) is 0. The largest absolute Gasteiger partial charge is 0.310 e. The fraction of sp³-hybridized carbons (Fsp3) is 0. The van der Waals surface area contributed by atoms with Crippen LogP contribution in [0.25, 0.3) is 73.4 Å². The third kappa shape index (κ3) is 4.82. The molecule has 0 fully saturated rings. The van der Waals surface area contributed by atoms with Crippen LogP contribution in [0.15, 0.2) is 176 Å². The lowest BCUT2D eigenvalue weighted by Gasteiger charge is -2.27. The summed E-state index contributed by atoms with van der Waals surface area (Å²) in [5.41, 5.74) is 8.38. The summed E-state index contributed by atoms with van der Waals surface area (Å²) in [5, 5.41) is 7.71. The molecule has 0 bridgehead atoms. The van der Waals surface area contributed by atoms with Gasteiger partial charge in [-0.05, 0) is 94.4 Å². The van der Waals surface area contributed by atoms with Gasteiger partial charge in [-0.15, -0.1) is 22.7 Å². The minimum absolute atomic E-state index is 1.13. The first-order chi connectivity index (χ1) is 24.3. The van der Waals surface area contributed by atoms with Crippen LogP contribution in [0, 0.1) is 0 Å². The summed E-state index contributed by atoms with van der Waals surface area (Å²) >= 11 is 3.74. The standard InChI is InChI=1S/C46H29NS2/c1-2-9-30(10-3-1)31-17-21-35(22-18-31)47(42-15-8-12-32-11-4-5-13-37(32)42)36-23-26-46-41(29-36)40-28-34(20-25-45(40)49-46)33-19-24-44-39(27-33)38-14-6-7-16-43(38)48-44/h1-29H. The Hall–Kier alpha value is -5.74. The predicted octanol–water partition coefficient (Wildman–Crippen LogP) is 14.4. The first-order valence-corrected chi connectivity index (χ1v) is 18.2. The molecule has 2 heterocycles. The van der Waals surface area contributed by atoms with Crippen LogP contribution in [-0.2, 0) is 0 Å². The molecule has 0 aliphatic heterocycles. The highest BCUT2D eigenvalue weighted by Gasteiger charge is 2.18. The molecular formula is C46H29NS2. The highest BCUT2D eigenvalue weighted by Crippen LogP contribution is 2.44. The fourth-order valence-electron chi connectivity index (χ4n) is 7.25. The van der Waals surface area contributed by atoms with Gasteiger partial charge in [0.25, 0.3) is 0 Å². The maximum Gasteiger partial charge on any atom is 0.0540 e. The molecule has 0 aliphatic carbocycles. The van der Waals surface area contributed by atoms with E-state index in [9.17, 15) is 0 Å². The molecule has 230 valence electrons. The van der Waals surface area contributed by atoms with Crippen LogP contribution >= 0.6 is 22.7 Å². The molecule has 0 amide bonds. The summed E-state index contributed by atoms with van der Waals surface area (Å²) < 4.78 is 5.28. The second-order valence-corrected chi connectivity index (χ2v) is 14.7. The molecule has 10 aromatic rings. The van der Waals surface area contributed by atoms with Crippen LogP contribution in [-0.4, -0.2) is 0 Å². The van der Waals surface area contributed by atoms with Gasteiger partial charge in [0, 0.05) is 57.1 Å². The Bertz CT molecular complexity index is 2820. The van der Waals surface area contributed by atoms with Gasteiger partial charge in [-0.3, -0.25) is 0 Å². The minimum Gasteiger partial charge on any atom is -0.310 e. The third-order valence-corrected chi connectivity index (χ3v) is 12.0. The summed E-state index contributed by atoms with van der Waals surface area (Å²) in [6.45, 7) is 0. The fourth-order valence-corrected chi connectivity index (χ4v) is 9.41. The molecule has 8 aromatic carbocycles. The van der Waals surface area contributed by atoms with Crippen molar-refractivity contribution in [2.24, 2.45) is 0 Å². The summed E-state index contributed by atoms with van der Waals surface area (Å²) in [4.78, 5) is 2.42. The first-order valence-electron chi connectivity index (χ1n) is 16.6. The van der Waals surface area contributed by atoms with Gasteiger partial charge in [0.05, 0.1) is 5.69 Å². The summed E-state index contributed by atoms with van der Waals surface area (Å²) in [6.07, 6.45) is 0. The number of anilines is 3. The number of hydrogen-bond donors (Lipinski definition) is 0. The lowest BCUT2D eigenvalue weighted by molar-refractivity contribution is 1.30. The molecule has 49 heavy (non-hydrogen) atoms. The Morgan fingerprint density at radius 1 is 0.306 bits per heavy atom. The summed E-state index contributed by atoms with van der Waals surface area (Å²) in [7, 11) is 0. The van der Waals surface area contributed by atoms with Gasteiger partial charge in [-0.2, -0.15) is 0 Å². The van der Waals surface area contributed by atoms with Gasteiger partial charge in [0.2, 0.25) is 0 Å². The van der Waals surface area contributed by atoms with Crippen molar-refractivity contribution < 1.29 is 0 Å². The Kier molecular flexibility index (Phi) is 6.61. The van der Waals surface area contributed by atoms with Gasteiger partial charge >= 0.3 is 0 Å². The Labute approximate surface area is 292 Å². The van der Waals surface area contributed by atoms with Gasteiger partial charge in [0.1, 0.15) is 0 Å². The van der Waals surface area contributed by atoms with Crippen molar-refractivity contribution in [1.82, 2.24) is 0 Å². The predicted molar refractivity (Wildman–Crippen MR) is 215 cm³/mol. The van der Waals surface area contributed by atoms with Crippen LogP contribution in [0.1, 0.15) is 0 Å². The molecule has 2 aromatic heterocycles. The molecule has 0 saturated heterocycles. The highest BCUT2D eigenvalue weighted by molar-refractivity contribution is 7.26. The topological polar surface area (TPSA) is 3.24 Å². The molecule has 0 N–H and O–H groups in total. The van der Waals surface area contributed by atoms with Gasteiger partial charge < -0.3 is 4.90 Å². The number of rotatable bonds is 5. The van der Waals surface area contributed by atoms with Crippen molar-refractivity contribution in [2.75, 3.05) is 4.90 Å². The zero-order valence-corrected chi connectivity index (χ0v) is 28.1. The van der Waals surface area contributed by atoms with Crippen molar-refractivity contribution in [3.05, 3.63) is 176 Å². The zero-order chi connectivity index (χ0) is 32.3. The molecule has 0 atom stereocenters. The SMILES string of the molecule is c1ccc(-c2ccc(N(c3ccc4sc5ccc(-c6ccc7sc8ccccc8c7c6)cc5c4c3)c3cccc4ccccc34)cc2)cc1. The Morgan fingerprint density at radius 3 is 1.57 bits per heavy atom. The quantitative estimate of drug-likeness (QED) is 0.178. The molecule has 3 heteroatoms. The molecule has 0 spiro atoms. The number of hydrogen-bond acceptors (Lipinski definition) is 3. The van der Waals surface area contributed by atoms with E-state index in [1.165, 1.54) is 79.1 Å². The van der Waals surface area contributed by atoms with E-state index < -0.39 is 0 Å². The summed E-state index contributed by atoms with van der Waals surface area (Å²) in [6, 6.07) is 64.5. The van der Waals surface area contributed by atoms with Crippen molar-refractivity contribution in [1.29, 1.82) is 0 Å². The smallest absolute Gasteiger partial charge is 0.0540 e. The monoisotopic (exact) mass is 659 g/mol. The lowest BCUT2D eigenvalue weighted by atomic mass is 10.0. The average Bonchev–Trinajstić information content (AvgIpc) is 3.73. The number of thiophene rings is 2. The number of benzene rings is 8. The van der Waals surface area contributed by atoms with Gasteiger partial charge in [0.15, 0.2) is 0 Å². The van der Waals surface area contributed by atoms with Crippen LogP contribution in [0.2, 0.25) is 0 Å². The molecule has 0 aliphatic rings. The van der Waals surface area contributed by atoms with Gasteiger partial charge in [-0.1, -0.05) is 109 Å². The Morgan fingerprint density at radius 2 is 0.816 bits per heavy atom. The Balaban J connectivity index is 1.13. The van der Waals surface area contributed by atoms with Crippen molar-refractivity contribution >= 4 is 90.9 Å². The van der Waals surface area contributed by atoms with E-state index in [1.807, 2.05) is 22.7 Å². The van der Waals surface area contributed by atoms with E-state index in [0.717, 1.165) is 11.4 Å². The van der Waals surface area contributed by atoms with Crippen molar-refractivity contribution in [2.45, 2.75) is 0 Å². The van der Waals surface area contributed by atoms with Crippen LogP contribution in [0.5, 0.6) is 0 Å².